The van der Waals surface area contributed by atoms with Crippen LogP contribution < -0.4 is 0 Å². The van der Waals surface area contributed by atoms with E-state index >= 15 is 0 Å². The van der Waals surface area contributed by atoms with E-state index in [1.165, 1.54) is 13.8 Å². The molecule has 0 atom stereocenters. The minimum Gasteiger partial charge on any atom is -0.319 e. The molecule has 0 aliphatic heterocycles. The Morgan fingerprint density at radius 1 is 0.938 bits per heavy atom. The SMILES string of the molecule is CC(=O)ON=CCCCCC=NOC(C)=O. The zero-order valence-corrected chi connectivity index (χ0v) is 9.51. The van der Waals surface area contributed by atoms with E-state index in [2.05, 4.69) is 20.0 Å². The minimum atomic E-state index is -0.426. The number of hydrogen-bond acceptors (Lipinski definition) is 6. The molecule has 0 aromatic heterocycles. The van der Waals surface area contributed by atoms with Gasteiger partial charge in [-0.2, -0.15) is 0 Å². The van der Waals surface area contributed by atoms with E-state index in [0.29, 0.717) is 0 Å². The second-order valence-corrected chi connectivity index (χ2v) is 3.03. The lowest BCUT2D eigenvalue weighted by molar-refractivity contribution is -0.141. The molecule has 0 radical (unpaired) electrons. The Kier molecular flexibility index (Phi) is 8.76. The van der Waals surface area contributed by atoms with Gasteiger partial charge in [-0.25, -0.2) is 9.59 Å². The van der Waals surface area contributed by atoms with Crippen molar-refractivity contribution < 1.29 is 19.3 Å². The number of carbonyl (C=O) groups excluding carboxylic acids is 2. The molecule has 0 aliphatic carbocycles. The second kappa shape index (κ2) is 9.82. The van der Waals surface area contributed by atoms with Gasteiger partial charge >= 0.3 is 11.9 Å². The average Bonchev–Trinajstić information content (AvgIpc) is 2.20. The smallest absolute Gasteiger partial charge is 0.319 e. The largest absolute Gasteiger partial charge is 0.331 e. The van der Waals surface area contributed by atoms with Crippen LogP contribution in [0.5, 0.6) is 0 Å². The number of unbranched alkanes of at least 4 members (excludes halogenated alkanes) is 3. The molecule has 90 valence electrons. The molecule has 16 heavy (non-hydrogen) atoms. The van der Waals surface area contributed by atoms with E-state index in [9.17, 15) is 9.59 Å². The van der Waals surface area contributed by atoms with Gasteiger partial charge in [0.05, 0.1) is 0 Å². The highest BCUT2D eigenvalue weighted by Gasteiger charge is 1.89. The molecule has 0 aromatic rings. The zero-order valence-electron chi connectivity index (χ0n) is 9.51. The maximum absolute atomic E-state index is 10.3. The lowest BCUT2D eigenvalue weighted by atomic mass is 10.2. The molecule has 0 saturated heterocycles. The molecule has 0 saturated carbocycles. The summed E-state index contributed by atoms with van der Waals surface area (Å²) >= 11 is 0. The highest BCUT2D eigenvalue weighted by atomic mass is 16.7. The quantitative estimate of drug-likeness (QED) is 0.287. The maximum Gasteiger partial charge on any atom is 0.331 e. The molecule has 0 aromatic carbocycles. The first kappa shape index (κ1) is 14.3. The third-order valence-corrected chi connectivity index (χ3v) is 1.43. The second-order valence-electron chi connectivity index (χ2n) is 3.03. The molecular formula is C10H16N2O4. The predicted molar refractivity (Wildman–Crippen MR) is 59.0 cm³/mol. The maximum atomic E-state index is 10.3. The van der Waals surface area contributed by atoms with Gasteiger partial charge in [-0.15, -0.1) is 0 Å². The predicted octanol–water partition coefficient (Wildman–Crippen LogP) is 1.64. The molecule has 6 heteroatoms. The molecule has 0 bridgehead atoms. The lowest BCUT2D eigenvalue weighted by Gasteiger charge is -1.92. The summed E-state index contributed by atoms with van der Waals surface area (Å²) in [6.45, 7) is 2.59. The van der Waals surface area contributed by atoms with Crippen LogP contribution in [0.25, 0.3) is 0 Å². The van der Waals surface area contributed by atoms with E-state index < -0.39 is 11.9 Å². The average molecular weight is 228 g/mol. The number of oxime groups is 2. The van der Waals surface area contributed by atoms with Gasteiger partial charge in [0.2, 0.25) is 0 Å². The monoisotopic (exact) mass is 228 g/mol. The van der Waals surface area contributed by atoms with E-state index in [4.69, 9.17) is 0 Å². The van der Waals surface area contributed by atoms with Crippen molar-refractivity contribution in [3.8, 4) is 0 Å². The summed E-state index contributed by atoms with van der Waals surface area (Å²) in [7, 11) is 0. The summed E-state index contributed by atoms with van der Waals surface area (Å²) in [5.74, 6) is -0.852. The van der Waals surface area contributed by atoms with Crippen LogP contribution in [0.4, 0.5) is 0 Å². The number of rotatable bonds is 7. The van der Waals surface area contributed by atoms with Crippen molar-refractivity contribution >= 4 is 24.4 Å². The van der Waals surface area contributed by atoms with Crippen molar-refractivity contribution in [2.75, 3.05) is 0 Å². The van der Waals surface area contributed by atoms with Crippen LogP contribution in [-0.2, 0) is 19.3 Å². The summed E-state index contributed by atoms with van der Waals surface area (Å²) < 4.78 is 0. The standard InChI is InChI=1S/C10H16N2O4/c1-9(13)15-11-7-5-3-4-6-8-12-16-10(2)14/h7-8H,3-6H2,1-2H3. The lowest BCUT2D eigenvalue weighted by Crippen LogP contribution is -1.92. The molecule has 6 nitrogen and oxygen atoms in total. The first-order chi connectivity index (χ1) is 7.63. The molecule has 0 amide bonds. The summed E-state index contributed by atoms with van der Waals surface area (Å²) in [4.78, 5) is 29.3. The Labute approximate surface area is 94.3 Å². The Bertz CT molecular complexity index is 246. The molecule has 0 N–H and O–H groups in total. The fraction of sp³-hybridized carbons (Fsp3) is 0.600. The first-order valence-corrected chi connectivity index (χ1v) is 5.01. The summed E-state index contributed by atoms with van der Waals surface area (Å²) in [5, 5.41) is 6.90. The van der Waals surface area contributed by atoms with Crippen molar-refractivity contribution in [3.63, 3.8) is 0 Å². The Morgan fingerprint density at radius 2 is 1.31 bits per heavy atom. The van der Waals surface area contributed by atoms with E-state index in [-0.39, 0.29) is 0 Å². The van der Waals surface area contributed by atoms with Gasteiger partial charge in [-0.1, -0.05) is 10.3 Å². The van der Waals surface area contributed by atoms with Gasteiger partial charge in [-0.3, -0.25) is 0 Å². The normalized spacial score (nSPS) is 10.9. The summed E-state index contributed by atoms with van der Waals surface area (Å²) in [5.41, 5.74) is 0. The first-order valence-electron chi connectivity index (χ1n) is 5.01. The van der Waals surface area contributed by atoms with E-state index in [0.717, 1.165) is 25.7 Å². The highest BCUT2D eigenvalue weighted by Crippen LogP contribution is 1.96. The zero-order chi connectivity index (χ0) is 12.2. The molecule has 0 fully saturated rings. The Hall–Kier alpha value is -1.72. The van der Waals surface area contributed by atoms with Crippen LogP contribution in [0.2, 0.25) is 0 Å². The van der Waals surface area contributed by atoms with Crippen molar-refractivity contribution in [1.82, 2.24) is 0 Å². The number of nitrogens with zero attached hydrogens (tertiary/aromatic N) is 2. The van der Waals surface area contributed by atoms with Gasteiger partial charge in [0, 0.05) is 26.3 Å². The number of hydrogen-bond donors (Lipinski definition) is 0. The topological polar surface area (TPSA) is 77.3 Å². The van der Waals surface area contributed by atoms with Crippen LogP contribution >= 0.6 is 0 Å². The third-order valence-electron chi connectivity index (χ3n) is 1.43. The Morgan fingerprint density at radius 3 is 1.62 bits per heavy atom. The molecule has 0 aliphatic rings. The molecule has 0 heterocycles. The van der Waals surface area contributed by atoms with Gasteiger partial charge in [-0.05, 0) is 25.7 Å². The van der Waals surface area contributed by atoms with Crippen LogP contribution in [0.1, 0.15) is 39.5 Å². The minimum absolute atomic E-state index is 0.426. The van der Waals surface area contributed by atoms with Crippen molar-refractivity contribution in [2.24, 2.45) is 10.3 Å². The van der Waals surface area contributed by atoms with Gasteiger partial charge in [0.1, 0.15) is 0 Å². The summed E-state index contributed by atoms with van der Waals surface area (Å²) in [6.07, 6.45) is 6.35. The molecule has 0 unspecified atom stereocenters. The van der Waals surface area contributed by atoms with Gasteiger partial charge in [0.25, 0.3) is 0 Å². The van der Waals surface area contributed by atoms with Crippen molar-refractivity contribution in [3.05, 3.63) is 0 Å². The van der Waals surface area contributed by atoms with Gasteiger partial charge in [0.15, 0.2) is 0 Å². The highest BCUT2D eigenvalue weighted by molar-refractivity contribution is 5.67. The Balaban J connectivity index is 3.27. The van der Waals surface area contributed by atoms with Crippen molar-refractivity contribution in [1.29, 1.82) is 0 Å². The van der Waals surface area contributed by atoms with Crippen molar-refractivity contribution in [2.45, 2.75) is 39.5 Å². The molecular weight excluding hydrogens is 212 g/mol. The molecule has 0 rings (SSSR count). The van der Waals surface area contributed by atoms with Crippen LogP contribution in [-0.4, -0.2) is 24.4 Å². The van der Waals surface area contributed by atoms with Crippen LogP contribution in [0.3, 0.4) is 0 Å². The fourth-order valence-corrected chi connectivity index (χ4v) is 0.800. The van der Waals surface area contributed by atoms with Gasteiger partial charge < -0.3 is 9.68 Å². The van der Waals surface area contributed by atoms with E-state index in [1.54, 1.807) is 12.4 Å². The fourth-order valence-electron chi connectivity index (χ4n) is 0.800. The van der Waals surface area contributed by atoms with Crippen LogP contribution in [0.15, 0.2) is 10.3 Å². The number of carbonyl (C=O) groups is 2. The summed E-state index contributed by atoms with van der Waals surface area (Å²) in [6, 6.07) is 0. The third kappa shape index (κ3) is 12.3. The van der Waals surface area contributed by atoms with Crippen LogP contribution in [0, 0.1) is 0 Å². The van der Waals surface area contributed by atoms with E-state index in [1.807, 2.05) is 0 Å². The molecule has 0 spiro atoms.